The number of carbonyl (C=O) groups excluding carboxylic acids is 2. The second-order valence-electron chi connectivity index (χ2n) is 7.84. The molecule has 1 atom stereocenters. The average Bonchev–Trinajstić information content (AvgIpc) is 3.35. The number of hydrogen-bond acceptors (Lipinski definition) is 4. The molecule has 0 unspecified atom stereocenters. The highest BCUT2D eigenvalue weighted by Gasteiger charge is 2.44. The lowest BCUT2D eigenvalue weighted by atomic mass is 10.0. The molecule has 1 fully saturated rings. The topological polar surface area (TPSA) is 74.8 Å². The van der Waals surface area contributed by atoms with Gasteiger partial charge in [-0.3, -0.25) is 9.59 Å². The van der Waals surface area contributed by atoms with Crippen LogP contribution in [-0.4, -0.2) is 47.6 Å². The third-order valence-corrected chi connectivity index (χ3v) is 7.24. The van der Waals surface area contributed by atoms with Crippen molar-refractivity contribution >= 4 is 21.8 Å². The van der Waals surface area contributed by atoms with Gasteiger partial charge in [0, 0.05) is 23.7 Å². The van der Waals surface area contributed by atoms with Crippen LogP contribution in [0.3, 0.4) is 0 Å². The van der Waals surface area contributed by atoms with Gasteiger partial charge in [-0.1, -0.05) is 13.8 Å². The number of benzene rings is 1. The lowest BCUT2D eigenvalue weighted by Gasteiger charge is -2.32. The highest BCUT2D eigenvalue weighted by atomic mass is 32.2. The Morgan fingerprint density at radius 3 is 2.27 bits per heavy atom. The molecule has 2 aliphatic rings. The first-order valence-electron chi connectivity index (χ1n) is 9.12. The number of rotatable bonds is 5. The minimum Gasteiger partial charge on any atom is -0.333 e. The van der Waals surface area contributed by atoms with E-state index >= 15 is 0 Å². The van der Waals surface area contributed by atoms with Crippen LogP contribution in [0.2, 0.25) is 0 Å². The average molecular weight is 378 g/mol. The molecule has 26 heavy (non-hydrogen) atoms. The highest BCUT2D eigenvalue weighted by molar-refractivity contribution is 7.90. The second-order valence-corrected chi connectivity index (χ2v) is 9.62. The van der Waals surface area contributed by atoms with Gasteiger partial charge in [0.2, 0.25) is 0 Å². The Hall–Kier alpha value is -1.89. The number of fused-ring (bicyclic) bond motifs is 1. The summed E-state index contributed by atoms with van der Waals surface area (Å²) in [6.07, 6.45) is 1.96. The van der Waals surface area contributed by atoms with Gasteiger partial charge in [0.1, 0.15) is 4.90 Å². The molecule has 142 valence electrons. The molecule has 1 saturated carbocycles. The van der Waals surface area contributed by atoms with E-state index in [2.05, 4.69) is 13.8 Å². The maximum atomic E-state index is 13.1. The van der Waals surface area contributed by atoms with E-state index in [0.717, 1.165) is 17.1 Å². The van der Waals surface area contributed by atoms with E-state index in [4.69, 9.17) is 0 Å². The molecule has 1 aromatic carbocycles. The van der Waals surface area contributed by atoms with Crippen LogP contribution >= 0.6 is 0 Å². The molecule has 0 spiro atoms. The smallest absolute Gasteiger partial charge is 0.269 e. The van der Waals surface area contributed by atoms with Crippen LogP contribution in [0.5, 0.6) is 0 Å². The zero-order valence-electron chi connectivity index (χ0n) is 15.9. The van der Waals surface area contributed by atoms with Crippen molar-refractivity contribution in [2.24, 2.45) is 5.92 Å². The standard InChI is InChI=1S/C19H26N2O4S/c1-11(2)13(5)20(15-7-8-15)18(22)14-6-9-16-17(10-14)26(24,25)21(12(3)4)19(16)23/h6,9-13,15H,7-8H2,1-5H3/t13-/m0/s1. The molecule has 3 rings (SSSR count). The zero-order chi connectivity index (χ0) is 19.4. The molecule has 0 saturated heterocycles. The Bertz CT molecular complexity index is 856. The van der Waals surface area contributed by atoms with E-state index in [1.165, 1.54) is 12.1 Å². The molecule has 0 radical (unpaired) electrons. The third-order valence-electron chi connectivity index (χ3n) is 5.24. The molecular weight excluding hydrogens is 352 g/mol. The maximum Gasteiger partial charge on any atom is 0.269 e. The van der Waals surface area contributed by atoms with Crippen LogP contribution in [0.25, 0.3) is 0 Å². The van der Waals surface area contributed by atoms with E-state index in [1.54, 1.807) is 19.9 Å². The zero-order valence-corrected chi connectivity index (χ0v) is 16.7. The van der Waals surface area contributed by atoms with Crippen molar-refractivity contribution in [3.63, 3.8) is 0 Å². The first-order valence-corrected chi connectivity index (χ1v) is 10.6. The van der Waals surface area contributed by atoms with Crippen molar-refractivity contribution in [2.75, 3.05) is 0 Å². The van der Waals surface area contributed by atoms with Crippen LogP contribution in [0.4, 0.5) is 0 Å². The van der Waals surface area contributed by atoms with Gasteiger partial charge >= 0.3 is 0 Å². The molecule has 2 amide bonds. The molecule has 1 aliphatic carbocycles. The summed E-state index contributed by atoms with van der Waals surface area (Å²) in [6, 6.07) is 4.22. The number of sulfonamides is 1. The molecule has 6 nitrogen and oxygen atoms in total. The number of hydrogen-bond donors (Lipinski definition) is 0. The van der Waals surface area contributed by atoms with E-state index in [1.807, 2.05) is 11.8 Å². The Morgan fingerprint density at radius 1 is 1.15 bits per heavy atom. The van der Waals surface area contributed by atoms with E-state index in [-0.39, 0.29) is 28.4 Å². The molecule has 0 aromatic heterocycles. The third kappa shape index (κ3) is 2.92. The van der Waals surface area contributed by atoms with Gasteiger partial charge in [-0.05, 0) is 57.7 Å². The van der Waals surface area contributed by atoms with Crippen molar-refractivity contribution in [1.82, 2.24) is 9.21 Å². The first kappa shape index (κ1) is 18.9. The minimum absolute atomic E-state index is 0.0602. The van der Waals surface area contributed by atoms with E-state index < -0.39 is 22.0 Å². The van der Waals surface area contributed by atoms with Gasteiger partial charge in [-0.2, -0.15) is 0 Å². The highest BCUT2D eigenvalue weighted by Crippen LogP contribution is 2.35. The van der Waals surface area contributed by atoms with E-state index in [9.17, 15) is 18.0 Å². The molecule has 7 heteroatoms. The summed E-state index contributed by atoms with van der Waals surface area (Å²) in [5, 5.41) is 0. The lowest BCUT2D eigenvalue weighted by molar-refractivity contribution is 0.0627. The molecule has 0 N–H and O–H groups in total. The van der Waals surface area contributed by atoms with Gasteiger partial charge < -0.3 is 4.90 Å². The summed E-state index contributed by atoms with van der Waals surface area (Å²) >= 11 is 0. The fourth-order valence-electron chi connectivity index (χ4n) is 3.40. The quantitative estimate of drug-likeness (QED) is 0.790. The fraction of sp³-hybridized carbons (Fsp3) is 0.579. The van der Waals surface area contributed by atoms with Crippen LogP contribution in [0.15, 0.2) is 23.1 Å². The summed E-state index contributed by atoms with van der Waals surface area (Å²) in [4.78, 5) is 27.4. The normalized spacial score (nSPS) is 19.8. The van der Waals surface area contributed by atoms with Gasteiger partial charge in [0.05, 0.1) is 5.56 Å². The van der Waals surface area contributed by atoms with Crippen molar-refractivity contribution in [2.45, 2.75) is 70.5 Å². The Balaban J connectivity index is 2.01. The summed E-state index contributed by atoms with van der Waals surface area (Å²) in [6.45, 7) is 9.48. The predicted octanol–water partition coefficient (Wildman–Crippen LogP) is 2.89. The lowest BCUT2D eigenvalue weighted by Crippen LogP contribution is -2.43. The van der Waals surface area contributed by atoms with Gasteiger partial charge in [-0.25, -0.2) is 12.7 Å². The molecule has 0 bridgehead atoms. The van der Waals surface area contributed by atoms with Crippen LogP contribution in [-0.2, 0) is 10.0 Å². The van der Waals surface area contributed by atoms with Crippen molar-refractivity contribution < 1.29 is 18.0 Å². The molecular formula is C19H26N2O4S. The summed E-state index contributed by atoms with van der Waals surface area (Å²) in [7, 11) is -3.90. The predicted molar refractivity (Wildman–Crippen MR) is 98.4 cm³/mol. The van der Waals surface area contributed by atoms with Gasteiger partial charge in [0.15, 0.2) is 0 Å². The maximum absolute atomic E-state index is 13.1. The van der Waals surface area contributed by atoms with Crippen LogP contribution < -0.4 is 0 Å². The summed E-state index contributed by atoms with van der Waals surface area (Å²) in [5.74, 6) is -0.388. The Labute approximate surface area is 155 Å². The monoisotopic (exact) mass is 378 g/mol. The summed E-state index contributed by atoms with van der Waals surface area (Å²) in [5.41, 5.74) is 0.468. The van der Waals surface area contributed by atoms with Crippen molar-refractivity contribution in [1.29, 1.82) is 0 Å². The molecule has 1 aromatic rings. The van der Waals surface area contributed by atoms with Crippen molar-refractivity contribution in [3.05, 3.63) is 29.3 Å². The number of carbonyl (C=O) groups is 2. The summed E-state index contributed by atoms with van der Waals surface area (Å²) < 4.78 is 26.4. The second kappa shape index (κ2) is 6.37. The van der Waals surface area contributed by atoms with Gasteiger partial charge in [0.25, 0.3) is 21.8 Å². The minimum atomic E-state index is -3.90. The number of amides is 2. The van der Waals surface area contributed by atoms with Crippen LogP contribution in [0.1, 0.15) is 68.2 Å². The van der Waals surface area contributed by atoms with Gasteiger partial charge in [-0.15, -0.1) is 0 Å². The largest absolute Gasteiger partial charge is 0.333 e. The SMILES string of the molecule is CC(C)[C@H](C)N(C(=O)c1ccc2c(c1)S(=O)(=O)N(C(C)C)C2=O)C1CC1. The molecule has 1 aliphatic heterocycles. The fourth-order valence-corrected chi connectivity index (χ4v) is 5.19. The van der Waals surface area contributed by atoms with Crippen molar-refractivity contribution in [3.8, 4) is 0 Å². The Kier molecular flexibility index (Phi) is 4.63. The number of nitrogens with zero attached hydrogens (tertiary/aromatic N) is 2. The van der Waals surface area contributed by atoms with E-state index in [0.29, 0.717) is 11.5 Å². The first-order chi connectivity index (χ1) is 12.1. The molecule has 1 heterocycles. The van der Waals surface area contributed by atoms with Crippen LogP contribution in [0, 0.1) is 5.92 Å². The Morgan fingerprint density at radius 2 is 1.77 bits per heavy atom.